The van der Waals surface area contributed by atoms with Crippen LogP contribution < -0.4 is 0 Å². The van der Waals surface area contributed by atoms with Crippen LogP contribution in [0.5, 0.6) is 0 Å². The van der Waals surface area contributed by atoms with Crippen LogP contribution in [-0.2, 0) is 9.53 Å². The molecule has 0 N–H and O–H groups in total. The molecule has 2 aliphatic carbocycles. The smallest absolute Gasteiger partial charge is 0.323 e. The van der Waals surface area contributed by atoms with E-state index in [4.69, 9.17) is 4.74 Å². The minimum Gasteiger partial charge on any atom is -0.464 e. The van der Waals surface area contributed by atoms with Gasteiger partial charge in [0, 0.05) is 6.54 Å². The van der Waals surface area contributed by atoms with Crippen molar-refractivity contribution < 1.29 is 9.53 Å². The number of nitrogens with zero attached hydrogens (tertiary/aromatic N) is 1. The highest BCUT2D eigenvalue weighted by Gasteiger charge is 2.36. The fourth-order valence-corrected chi connectivity index (χ4v) is 2.52. The van der Waals surface area contributed by atoms with Gasteiger partial charge in [0.15, 0.2) is 0 Å². The molecule has 1 aliphatic heterocycles. The molecular formula is C13H21NO2. The lowest BCUT2D eigenvalue weighted by atomic mass is 10.2. The molecule has 0 aromatic carbocycles. The van der Waals surface area contributed by atoms with E-state index >= 15 is 0 Å². The summed E-state index contributed by atoms with van der Waals surface area (Å²) in [5.41, 5.74) is 0. The van der Waals surface area contributed by atoms with Crippen LogP contribution in [0.1, 0.15) is 38.5 Å². The summed E-state index contributed by atoms with van der Waals surface area (Å²) in [5.74, 6) is 1.60. The Morgan fingerprint density at radius 2 is 1.88 bits per heavy atom. The van der Waals surface area contributed by atoms with Gasteiger partial charge in [-0.2, -0.15) is 0 Å². The van der Waals surface area contributed by atoms with E-state index in [1.54, 1.807) is 0 Å². The number of hydrogen-bond donors (Lipinski definition) is 0. The van der Waals surface area contributed by atoms with Gasteiger partial charge in [-0.25, -0.2) is 0 Å². The van der Waals surface area contributed by atoms with E-state index in [-0.39, 0.29) is 12.0 Å². The summed E-state index contributed by atoms with van der Waals surface area (Å²) in [5, 5.41) is 0. The topological polar surface area (TPSA) is 29.5 Å². The predicted octanol–water partition coefficient (Wildman–Crippen LogP) is 1.81. The Labute approximate surface area is 97.1 Å². The Kier molecular flexibility index (Phi) is 2.88. The Bertz CT molecular complexity index is 271. The lowest BCUT2D eigenvalue weighted by Crippen LogP contribution is -2.38. The second-order valence-electron chi connectivity index (χ2n) is 5.67. The third-order valence-corrected chi connectivity index (χ3v) is 3.98. The van der Waals surface area contributed by atoms with Crippen molar-refractivity contribution in [3.05, 3.63) is 0 Å². The van der Waals surface area contributed by atoms with Crippen LogP contribution in [0.15, 0.2) is 0 Å². The highest BCUT2D eigenvalue weighted by atomic mass is 16.5. The van der Waals surface area contributed by atoms with Gasteiger partial charge in [0.25, 0.3) is 0 Å². The largest absolute Gasteiger partial charge is 0.464 e. The standard InChI is InChI=1S/C13H21NO2/c15-13(16-9-11-5-6-11)12-2-1-7-14(12)8-10-3-4-10/h10-12H,1-9H2/t12-/m0/s1. The summed E-state index contributed by atoms with van der Waals surface area (Å²) in [6, 6.07) is 0.0827. The minimum absolute atomic E-state index is 0.0463. The molecule has 3 heteroatoms. The molecule has 16 heavy (non-hydrogen) atoms. The maximum Gasteiger partial charge on any atom is 0.323 e. The van der Waals surface area contributed by atoms with Gasteiger partial charge in [-0.1, -0.05) is 0 Å². The Morgan fingerprint density at radius 1 is 1.12 bits per heavy atom. The number of carbonyl (C=O) groups is 1. The lowest BCUT2D eigenvalue weighted by molar-refractivity contribution is -0.149. The zero-order valence-electron chi connectivity index (χ0n) is 9.86. The number of ether oxygens (including phenoxy) is 1. The summed E-state index contributed by atoms with van der Waals surface area (Å²) < 4.78 is 5.40. The van der Waals surface area contributed by atoms with Gasteiger partial charge in [-0.15, -0.1) is 0 Å². The van der Waals surface area contributed by atoms with Crippen molar-refractivity contribution in [2.24, 2.45) is 11.8 Å². The molecule has 3 rings (SSSR count). The predicted molar refractivity (Wildman–Crippen MR) is 61.0 cm³/mol. The van der Waals surface area contributed by atoms with E-state index in [0.717, 1.165) is 31.8 Å². The first-order chi connectivity index (χ1) is 7.83. The highest BCUT2D eigenvalue weighted by molar-refractivity contribution is 5.76. The third-order valence-electron chi connectivity index (χ3n) is 3.98. The highest BCUT2D eigenvalue weighted by Crippen LogP contribution is 2.33. The van der Waals surface area contributed by atoms with Crippen molar-refractivity contribution in [2.75, 3.05) is 19.7 Å². The lowest BCUT2D eigenvalue weighted by Gasteiger charge is -2.22. The second kappa shape index (κ2) is 4.36. The number of likely N-dealkylation sites (tertiary alicyclic amines) is 1. The van der Waals surface area contributed by atoms with Gasteiger partial charge in [0.05, 0.1) is 6.61 Å². The SMILES string of the molecule is O=C(OCC1CC1)[C@@H]1CCCN1CC1CC1. The molecule has 1 heterocycles. The van der Waals surface area contributed by atoms with Gasteiger partial charge in [0.2, 0.25) is 0 Å². The molecule has 3 fully saturated rings. The van der Waals surface area contributed by atoms with Crippen molar-refractivity contribution in [1.29, 1.82) is 0 Å². The molecule has 90 valence electrons. The Morgan fingerprint density at radius 3 is 2.56 bits per heavy atom. The maximum absolute atomic E-state index is 11.9. The number of rotatable bonds is 5. The molecule has 0 spiro atoms. The summed E-state index contributed by atoms with van der Waals surface area (Å²) in [6.07, 6.45) is 7.40. The van der Waals surface area contributed by atoms with Gasteiger partial charge in [-0.05, 0) is 56.9 Å². The molecule has 2 saturated carbocycles. The Hall–Kier alpha value is -0.570. The average Bonchev–Trinajstić information content (AvgIpc) is 3.16. The van der Waals surface area contributed by atoms with Gasteiger partial charge in [-0.3, -0.25) is 9.69 Å². The molecule has 0 radical (unpaired) electrons. The first kappa shape index (κ1) is 10.6. The van der Waals surface area contributed by atoms with Crippen LogP contribution in [0, 0.1) is 11.8 Å². The van der Waals surface area contributed by atoms with Gasteiger partial charge >= 0.3 is 5.97 Å². The second-order valence-corrected chi connectivity index (χ2v) is 5.67. The molecule has 0 aromatic heterocycles. The fraction of sp³-hybridized carbons (Fsp3) is 0.923. The van der Waals surface area contributed by atoms with Crippen LogP contribution in [0.4, 0.5) is 0 Å². The van der Waals surface area contributed by atoms with E-state index < -0.39 is 0 Å². The number of esters is 1. The van der Waals surface area contributed by atoms with Crippen molar-refractivity contribution in [1.82, 2.24) is 4.90 Å². The summed E-state index contributed by atoms with van der Waals surface area (Å²) in [6.45, 7) is 2.90. The van der Waals surface area contributed by atoms with Crippen molar-refractivity contribution in [3.63, 3.8) is 0 Å². The first-order valence-corrected chi connectivity index (χ1v) is 6.73. The molecule has 0 unspecified atom stereocenters. The minimum atomic E-state index is 0.0463. The fourth-order valence-electron chi connectivity index (χ4n) is 2.52. The van der Waals surface area contributed by atoms with Crippen molar-refractivity contribution in [3.8, 4) is 0 Å². The molecule has 1 atom stereocenters. The van der Waals surface area contributed by atoms with E-state index in [0.29, 0.717) is 12.5 Å². The Balaban J connectivity index is 1.47. The van der Waals surface area contributed by atoms with E-state index in [9.17, 15) is 4.79 Å². The van der Waals surface area contributed by atoms with E-state index in [2.05, 4.69) is 4.90 Å². The van der Waals surface area contributed by atoms with Crippen LogP contribution in [-0.4, -0.2) is 36.6 Å². The van der Waals surface area contributed by atoms with E-state index in [1.165, 1.54) is 25.7 Å². The molecular weight excluding hydrogens is 202 g/mol. The molecule has 0 amide bonds. The molecule has 3 nitrogen and oxygen atoms in total. The van der Waals surface area contributed by atoms with Gasteiger partial charge < -0.3 is 4.74 Å². The quantitative estimate of drug-likeness (QED) is 0.666. The zero-order valence-corrected chi connectivity index (χ0v) is 9.86. The van der Waals surface area contributed by atoms with Crippen LogP contribution in [0.3, 0.4) is 0 Å². The monoisotopic (exact) mass is 223 g/mol. The summed E-state index contributed by atoms with van der Waals surface area (Å²) in [4.78, 5) is 14.3. The maximum atomic E-state index is 11.9. The number of hydrogen-bond acceptors (Lipinski definition) is 3. The van der Waals surface area contributed by atoms with Crippen LogP contribution >= 0.6 is 0 Å². The molecule has 3 aliphatic rings. The third kappa shape index (κ3) is 2.57. The van der Waals surface area contributed by atoms with Crippen LogP contribution in [0.2, 0.25) is 0 Å². The summed E-state index contributed by atoms with van der Waals surface area (Å²) in [7, 11) is 0. The van der Waals surface area contributed by atoms with Crippen molar-refractivity contribution >= 4 is 5.97 Å². The zero-order chi connectivity index (χ0) is 11.0. The average molecular weight is 223 g/mol. The molecule has 0 aromatic rings. The van der Waals surface area contributed by atoms with Crippen LogP contribution in [0.25, 0.3) is 0 Å². The summed E-state index contributed by atoms with van der Waals surface area (Å²) >= 11 is 0. The van der Waals surface area contributed by atoms with Gasteiger partial charge in [0.1, 0.15) is 6.04 Å². The van der Waals surface area contributed by atoms with E-state index in [1.807, 2.05) is 0 Å². The molecule has 1 saturated heterocycles. The molecule has 0 bridgehead atoms. The first-order valence-electron chi connectivity index (χ1n) is 6.73. The van der Waals surface area contributed by atoms with Crippen molar-refractivity contribution in [2.45, 2.75) is 44.6 Å². The normalized spacial score (nSPS) is 30.6. The number of carbonyl (C=O) groups excluding carboxylic acids is 1.